The van der Waals surface area contributed by atoms with Gasteiger partial charge in [-0.05, 0) is 72.8 Å². The summed E-state index contributed by atoms with van der Waals surface area (Å²) < 4.78 is 82.6. The molecule has 0 amide bonds. The van der Waals surface area contributed by atoms with Gasteiger partial charge in [0.05, 0.1) is 44.9 Å². The smallest absolute Gasteiger partial charge is 0.354 e. The summed E-state index contributed by atoms with van der Waals surface area (Å²) in [5.41, 5.74) is 0.277. The van der Waals surface area contributed by atoms with Crippen molar-refractivity contribution in [1.29, 1.82) is 0 Å². The number of aromatic amines is 2. The van der Waals surface area contributed by atoms with Crippen LogP contribution in [-0.4, -0.2) is 19.9 Å². The van der Waals surface area contributed by atoms with Crippen LogP contribution in [0.1, 0.15) is 33.9 Å². The maximum atomic E-state index is 13.8. The number of aromatic nitrogens is 4. The van der Waals surface area contributed by atoms with E-state index in [9.17, 15) is 26.3 Å². The lowest BCUT2D eigenvalue weighted by Gasteiger charge is -2.16. The fourth-order valence-corrected chi connectivity index (χ4v) is 4.31. The Morgan fingerprint density at radius 3 is 1.25 bits per heavy atom. The molecular weight excluding hydrogens is 482 g/mol. The molecule has 0 fully saturated rings. The van der Waals surface area contributed by atoms with Gasteiger partial charge in [0, 0.05) is 21.8 Å². The Balaban J connectivity index is 1.82. The maximum absolute atomic E-state index is 13.8. The molecule has 5 heterocycles. The van der Waals surface area contributed by atoms with Crippen LogP contribution >= 0.6 is 0 Å². The van der Waals surface area contributed by atoms with E-state index in [0.29, 0.717) is 34.6 Å². The van der Waals surface area contributed by atoms with Gasteiger partial charge in [0.1, 0.15) is 0 Å². The molecule has 0 saturated carbocycles. The van der Waals surface area contributed by atoms with Gasteiger partial charge in [0.15, 0.2) is 0 Å². The number of fused-ring (bicyclic) bond motifs is 13. The fraction of sp³-hybridized carbons (Fsp3) is 0.0769. The van der Waals surface area contributed by atoms with Gasteiger partial charge in [-0.15, -0.1) is 0 Å². The summed E-state index contributed by atoms with van der Waals surface area (Å²) in [7, 11) is 0. The van der Waals surface area contributed by atoms with Crippen molar-refractivity contribution in [3.05, 3.63) is 82.4 Å². The molecule has 3 aromatic heterocycles. The Morgan fingerprint density at radius 2 is 0.861 bits per heavy atom. The molecule has 8 bridgehead atoms. The Morgan fingerprint density at radius 1 is 0.500 bits per heavy atom. The largest absolute Gasteiger partial charge is 0.417 e. The monoisotopic (exact) mass is 496 g/mol. The summed E-state index contributed by atoms with van der Waals surface area (Å²) in [6, 6.07) is 11.9. The van der Waals surface area contributed by atoms with Gasteiger partial charge >= 0.3 is 12.4 Å². The van der Waals surface area contributed by atoms with Crippen LogP contribution in [0.5, 0.6) is 0 Å². The molecule has 6 rings (SSSR count). The van der Waals surface area contributed by atoms with Crippen LogP contribution in [-0.2, 0) is 12.4 Å². The molecule has 0 spiro atoms. The second-order valence-electron chi connectivity index (χ2n) is 8.36. The van der Waals surface area contributed by atoms with Crippen LogP contribution in [0.3, 0.4) is 0 Å². The van der Waals surface area contributed by atoms with Gasteiger partial charge in [-0.2, -0.15) is 26.3 Å². The van der Waals surface area contributed by atoms with Crippen molar-refractivity contribution in [1.82, 2.24) is 19.9 Å². The van der Waals surface area contributed by atoms with Crippen LogP contribution in [0.4, 0.5) is 26.3 Å². The SMILES string of the molecule is FC(F)(F)c1cc2c3nc(c4ccc(ccc5ccc([nH]5)c5nc(c2cc1C(F)(F)F)C=C5)[nH]4)C=C3. The number of H-pyrrole nitrogens is 2. The molecule has 0 aliphatic carbocycles. The predicted molar refractivity (Wildman–Crippen MR) is 126 cm³/mol. The number of rotatable bonds is 0. The van der Waals surface area contributed by atoms with Gasteiger partial charge in [-0.1, -0.05) is 0 Å². The van der Waals surface area contributed by atoms with Crippen LogP contribution in [0.25, 0.3) is 57.1 Å². The summed E-state index contributed by atoms with van der Waals surface area (Å²) >= 11 is 0. The van der Waals surface area contributed by atoms with E-state index in [0.717, 1.165) is 11.0 Å². The van der Waals surface area contributed by atoms with Crippen molar-refractivity contribution in [2.45, 2.75) is 12.4 Å². The van der Waals surface area contributed by atoms with Gasteiger partial charge in [-0.3, -0.25) is 0 Å². The molecule has 180 valence electrons. The third-order valence-corrected chi connectivity index (χ3v) is 6.01. The predicted octanol–water partition coefficient (Wildman–Crippen LogP) is 7.85. The topological polar surface area (TPSA) is 57.4 Å². The Bertz CT molecular complexity index is 1640. The highest BCUT2D eigenvalue weighted by Gasteiger charge is 2.43. The number of halogens is 6. The minimum Gasteiger partial charge on any atom is -0.354 e. The average Bonchev–Trinajstić information content (AvgIpc) is 3.61. The van der Waals surface area contributed by atoms with Crippen LogP contribution in [0.2, 0.25) is 0 Å². The van der Waals surface area contributed by atoms with E-state index >= 15 is 0 Å². The van der Waals surface area contributed by atoms with Gasteiger partial charge in [0.2, 0.25) is 0 Å². The van der Waals surface area contributed by atoms with Crippen LogP contribution in [0, 0.1) is 0 Å². The zero-order valence-corrected chi connectivity index (χ0v) is 18.1. The lowest BCUT2D eigenvalue weighted by atomic mass is 9.98. The normalized spacial score (nSPS) is 13.6. The molecule has 0 atom stereocenters. The van der Waals surface area contributed by atoms with E-state index in [1.165, 1.54) is 12.2 Å². The standard InChI is InChI=1S/C26H14F6N4/c27-25(28,29)17-11-15-16(12-18(17)26(30,31)32)20-8-10-24(36-20)22-6-4-14(34-22)2-1-13-3-5-21(33-13)23-9-7-19(15)35-23/h1-12,33-34H. The Kier molecular flexibility index (Phi) is 4.66. The molecule has 4 aromatic rings. The molecule has 4 nitrogen and oxygen atoms in total. The Labute approximate surface area is 198 Å². The number of benzene rings is 1. The molecule has 0 saturated heterocycles. The van der Waals surface area contributed by atoms with E-state index in [2.05, 4.69) is 19.9 Å². The van der Waals surface area contributed by atoms with Gasteiger partial charge in [-0.25, -0.2) is 9.97 Å². The fourth-order valence-electron chi connectivity index (χ4n) is 4.31. The summed E-state index contributed by atoms with van der Waals surface area (Å²) in [6.07, 6.45) is -4.29. The van der Waals surface area contributed by atoms with E-state index < -0.39 is 23.5 Å². The number of alkyl halides is 6. The van der Waals surface area contributed by atoms with Crippen molar-refractivity contribution in [2.24, 2.45) is 0 Å². The summed E-state index contributed by atoms with van der Waals surface area (Å²) in [5.74, 6) is 0. The van der Waals surface area contributed by atoms with Gasteiger partial charge < -0.3 is 9.97 Å². The molecule has 2 N–H and O–H groups in total. The van der Waals surface area contributed by atoms with Gasteiger partial charge in [0.25, 0.3) is 0 Å². The molecular formula is C26H14F6N4. The van der Waals surface area contributed by atoms with Crippen LogP contribution < -0.4 is 0 Å². The summed E-state index contributed by atoms with van der Waals surface area (Å²) in [4.78, 5) is 15.2. The minimum atomic E-state index is -5.23. The zero-order valence-electron chi connectivity index (χ0n) is 18.1. The molecule has 2 aliphatic heterocycles. The maximum Gasteiger partial charge on any atom is 0.417 e. The number of nitrogens with zero attached hydrogens (tertiary/aromatic N) is 2. The van der Waals surface area contributed by atoms with E-state index in [-0.39, 0.29) is 22.2 Å². The molecule has 0 radical (unpaired) electrons. The van der Waals surface area contributed by atoms with Crippen molar-refractivity contribution in [3.63, 3.8) is 0 Å². The lowest BCUT2D eigenvalue weighted by molar-refractivity contribution is -0.161. The second-order valence-corrected chi connectivity index (χ2v) is 8.36. The molecule has 36 heavy (non-hydrogen) atoms. The summed E-state index contributed by atoms with van der Waals surface area (Å²) in [5, 5.41) is -0.200. The number of hydrogen-bond acceptors (Lipinski definition) is 2. The quantitative estimate of drug-likeness (QED) is 0.211. The second kappa shape index (κ2) is 7.58. The molecule has 0 unspecified atom stereocenters. The molecule has 1 aromatic carbocycles. The first-order valence-corrected chi connectivity index (χ1v) is 10.7. The molecule has 10 heteroatoms. The van der Waals surface area contributed by atoms with Crippen molar-refractivity contribution in [3.8, 4) is 0 Å². The first-order chi connectivity index (χ1) is 17.1. The minimum absolute atomic E-state index is 0.0998. The third kappa shape index (κ3) is 3.74. The highest BCUT2D eigenvalue weighted by molar-refractivity contribution is 5.99. The van der Waals surface area contributed by atoms with Crippen molar-refractivity contribution >= 4 is 57.1 Å². The number of hydrogen-bond donors (Lipinski definition) is 2. The first kappa shape index (κ1) is 22.1. The summed E-state index contributed by atoms with van der Waals surface area (Å²) in [6.45, 7) is 0. The lowest BCUT2D eigenvalue weighted by Crippen LogP contribution is -2.16. The zero-order chi connectivity index (χ0) is 25.2. The third-order valence-electron chi connectivity index (χ3n) is 6.01. The molecule has 2 aliphatic rings. The van der Waals surface area contributed by atoms with E-state index in [1.54, 1.807) is 24.3 Å². The average molecular weight is 496 g/mol. The first-order valence-electron chi connectivity index (χ1n) is 10.7. The van der Waals surface area contributed by atoms with Crippen LogP contribution in [0.15, 0.2) is 48.5 Å². The Hall–Kier alpha value is -4.34. The van der Waals surface area contributed by atoms with E-state index in [4.69, 9.17) is 0 Å². The number of nitrogens with one attached hydrogen (secondary N) is 2. The highest BCUT2D eigenvalue weighted by atomic mass is 19.4. The van der Waals surface area contributed by atoms with Crippen molar-refractivity contribution in [2.75, 3.05) is 0 Å². The van der Waals surface area contributed by atoms with Crippen molar-refractivity contribution < 1.29 is 26.3 Å². The van der Waals surface area contributed by atoms with E-state index in [1.807, 2.05) is 24.3 Å². The highest BCUT2D eigenvalue weighted by Crippen LogP contribution is 2.43.